The largest absolute Gasteiger partial charge is 0.337 e. The molecule has 0 saturated heterocycles. The fourth-order valence-electron chi connectivity index (χ4n) is 4.19. The zero-order valence-electron chi connectivity index (χ0n) is 13.3. The van der Waals surface area contributed by atoms with Crippen molar-refractivity contribution in [3.05, 3.63) is 18.2 Å². The molecule has 108 valence electrons. The summed E-state index contributed by atoms with van der Waals surface area (Å²) in [5.41, 5.74) is 0.863. The maximum Gasteiger partial charge on any atom is 0.125 e. The molecule has 1 aliphatic carbocycles. The van der Waals surface area contributed by atoms with E-state index in [0.29, 0.717) is 22.9 Å². The molecule has 0 spiro atoms. The fourth-order valence-corrected chi connectivity index (χ4v) is 4.19. The number of hydrogen-bond donors (Lipinski definition) is 1. The van der Waals surface area contributed by atoms with Crippen molar-refractivity contribution in [2.45, 2.75) is 66.0 Å². The molecule has 0 aromatic carbocycles. The summed E-state index contributed by atoms with van der Waals surface area (Å²) < 4.78 is 2.11. The number of aryl methyl sites for hydroxylation is 1. The lowest BCUT2D eigenvalue weighted by Crippen LogP contribution is -2.44. The van der Waals surface area contributed by atoms with Crippen LogP contribution >= 0.6 is 0 Å². The number of rotatable bonds is 3. The highest BCUT2D eigenvalue weighted by Crippen LogP contribution is 2.46. The summed E-state index contributed by atoms with van der Waals surface area (Å²) in [5, 5.41) is 3.79. The van der Waals surface area contributed by atoms with Crippen LogP contribution in [0, 0.1) is 10.8 Å². The van der Waals surface area contributed by atoms with E-state index in [1.807, 2.05) is 12.4 Å². The molecule has 1 unspecified atom stereocenters. The summed E-state index contributed by atoms with van der Waals surface area (Å²) in [6, 6.07) is 0.903. The Morgan fingerprint density at radius 3 is 2.32 bits per heavy atom. The van der Waals surface area contributed by atoms with Gasteiger partial charge in [0.1, 0.15) is 5.82 Å². The van der Waals surface area contributed by atoms with Gasteiger partial charge < -0.3 is 9.88 Å². The molecule has 0 bridgehead atoms. The van der Waals surface area contributed by atoms with Crippen molar-refractivity contribution in [1.82, 2.24) is 14.9 Å². The second-order valence-electron chi connectivity index (χ2n) is 7.90. The van der Waals surface area contributed by atoms with Crippen molar-refractivity contribution in [1.29, 1.82) is 0 Å². The minimum Gasteiger partial charge on any atom is -0.337 e. The van der Waals surface area contributed by atoms with Crippen LogP contribution in [0.25, 0.3) is 0 Å². The zero-order chi connectivity index (χ0) is 14.3. The van der Waals surface area contributed by atoms with Crippen LogP contribution in [0.2, 0.25) is 0 Å². The molecule has 0 amide bonds. The molecular weight excluding hydrogens is 234 g/mol. The average molecular weight is 263 g/mol. The minimum absolute atomic E-state index is 0.315. The first kappa shape index (κ1) is 14.6. The Kier molecular flexibility index (Phi) is 3.78. The van der Waals surface area contributed by atoms with E-state index in [2.05, 4.69) is 56.5 Å². The second kappa shape index (κ2) is 4.93. The maximum absolute atomic E-state index is 4.45. The summed E-state index contributed by atoms with van der Waals surface area (Å²) >= 11 is 0. The van der Waals surface area contributed by atoms with Gasteiger partial charge in [-0.15, -0.1) is 0 Å². The Labute approximate surface area is 117 Å². The zero-order valence-corrected chi connectivity index (χ0v) is 13.3. The third-order valence-corrected chi connectivity index (χ3v) is 4.29. The molecule has 1 heterocycles. The Morgan fingerprint density at radius 2 is 1.84 bits per heavy atom. The lowest BCUT2D eigenvalue weighted by Gasteiger charge is -2.46. The van der Waals surface area contributed by atoms with Crippen LogP contribution in [0.15, 0.2) is 12.4 Å². The van der Waals surface area contributed by atoms with Gasteiger partial charge >= 0.3 is 0 Å². The molecule has 1 N–H and O–H groups in total. The van der Waals surface area contributed by atoms with E-state index in [-0.39, 0.29) is 0 Å². The number of nitrogens with one attached hydrogen (secondary N) is 1. The van der Waals surface area contributed by atoms with Crippen molar-refractivity contribution in [2.24, 2.45) is 17.9 Å². The molecule has 3 heteroatoms. The molecule has 19 heavy (non-hydrogen) atoms. The second-order valence-corrected chi connectivity index (χ2v) is 7.90. The lowest BCUT2D eigenvalue weighted by atomic mass is 9.63. The number of hydrogen-bond acceptors (Lipinski definition) is 2. The van der Waals surface area contributed by atoms with Gasteiger partial charge in [-0.2, -0.15) is 0 Å². The summed E-state index contributed by atoms with van der Waals surface area (Å²) in [6.45, 7) is 11.8. The van der Waals surface area contributed by atoms with Gasteiger partial charge in [-0.3, -0.25) is 0 Å². The van der Waals surface area contributed by atoms with Crippen LogP contribution in [0.3, 0.4) is 0 Å². The third-order valence-electron chi connectivity index (χ3n) is 4.29. The van der Waals surface area contributed by atoms with Crippen molar-refractivity contribution in [2.75, 3.05) is 0 Å². The van der Waals surface area contributed by atoms with Crippen LogP contribution in [0.4, 0.5) is 0 Å². The lowest BCUT2D eigenvalue weighted by molar-refractivity contribution is 0.0805. The van der Waals surface area contributed by atoms with Crippen molar-refractivity contribution >= 4 is 0 Å². The van der Waals surface area contributed by atoms with Gasteiger partial charge in [-0.1, -0.05) is 27.7 Å². The predicted octanol–water partition coefficient (Wildman–Crippen LogP) is 3.68. The summed E-state index contributed by atoms with van der Waals surface area (Å²) in [6.07, 6.45) is 7.72. The minimum atomic E-state index is 0.315. The molecular formula is C16H29N3. The monoisotopic (exact) mass is 263 g/mol. The molecule has 1 aromatic heterocycles. The van der Waals surface area contributed by atoms with E-state index in [0.717, 1.165) is 5.82 Å². The number of nitrogens with zero attached hydrogens (tertiary/aromatic N) is 2. The maximum atomic E-state index is 4.45. The van der Waals surface area contributed by atoms with Gasteiger partial charge in [-0.05, 0) is 37.0 Å². The first-order valence-electron chi connectivity index (χ1n) is 7.42. The quantitative estimate of drug-likeness (QED) is 0.901. The molecule has 1 fully saturated rings. The molecule has 0 aliphatic heterocycles. The predicted molar refractivity (Wildman–Crippen MR) is 80.0 cm³/mol. The van der Waals surface area contributed by atoms with Crippen LogP contribution in [0.1, 0.15) is 65.7 Å². The molecule has 1 aromatic rings. The molecule has 0 radical (unpaired) electrons. The Bertz CT molecular complexity index is 415. The van der Waals surface area contributed by atoms with E-state index in [4.69, 9.17) is 0 Å². The van der Waals surface area contributed by atoms with Crippen LogP contribution in [0.5, 0.6) is 0 Å². The Balaban J connectivity index is 2.05. The highest BCUT2D eigenvalue weighted by molar-refractivity contribution is 5.00. The van der Waals surface area contributed by atoms with E-state index in [9.17, 15) is 0 Å². The van der Waals surface area contributed by atoms with E-state index in [1.54, 1.807) is 0 Å². The summed E-state index contributed by atoms with van der Waals surface area (Å²) in [4.78, 5) is 4.45. The van der Waals surface area contributed by atoms with Crippen LogP contribution < -0.4 is 5.32 Å². The topological polar surface area (TPSA) is 29.9 Å². The average Bonchev–Trinajstić information content (AvgIpc) is 2.58. The standard InChI is InChI=1S/C16H29N3/c1-12(14-17-7-8-19(14)6)18-13-9-15(2,3)11-16(4,5)10-13/h7-8,12-13,18H,9-11H2,1-6H3. The van der Waals surface area contributed by atoms with Gasteiger partial charge in [-0.25, -0.2) is 4.98 Å². The van der Waals surface area contributed by atoms with Crippen molar-refractivity contribution < 1.29 is 0 Å². The van der Waals surface area contributed by atoms with Gasteiger partial charge in [0.15, 0.2) is 0 Å². The van der Waals surface area contributed by atoms with Crippen LogP contribution in [-0.4, -0.2) is 15.6 Å². The molecule has 1 atom stereocenters. The smallest absolute Gasteiger partial charge is 0.125 e. The first-order chi connectivity index (χ1) is 8.69. The summed E-state index contributed by atoms with van der Waals surface area (Å²) in [5.74, 6) is 1.13. The van der Waals surface area contributed by atoms with Gasteiger partial charge in [0.05, 0.1) is 6.04 Å². The van der Waals surface area contributed by atoms with Crippen molar-refractivity contribution in [3.8, 4) is 0 Å². The Morgan fingerprint density at radius 1 is 1.26 bits per heavy atom. The molecule has 1 aliphatic rings. The normalized spacial score (nSPS) is 24.3. The third kappa shape index (κ3) is 3.59. The van der Waals surface area contributed by atoms with Gasteiger partial charge in [0.2, 0.25) is 0 Å². The van der Waals surface area contributed by atoms with E-state index in [1.165, 1.54) is 19.3 Å². The fraction of sp³-hybridized carbons (Fsp3) is 0.812. The van der Waals surface area contributed by atoms with Crippen molar-refractivity contribution in [3.63, 3.8) is 0 Å². The van der Waals surface area contributed by atoms with E-state index < -0.39 is 0 Å². The highest BCUT2D eigenvalue weighted by Gasteiger charge is 2.38. The molecule has 2 rings (SSSR count). The van der Waals surface area contributed by atoms with Crippen LogP contribution in [-0.2, 0) is 7.05 Å². The first-order valence-corrected chi connectivity index (χ1v) is 7.42. The van der Waals surface area contributed by atoms with Gasteiger partial charge in [0, 0.05) is 25.5 Å². The summed E-state index contributed by atoms with van der Waals surface area (Å²) in [7, 11) is 2.06. The van der Waals surface area contributed by atoms with E-state index >= 15 is 0 Å². The number of imidazole rings is 1. The Hall–Kier alpha value is -0.830. The molecule has 3 nitrogen and oxygen atoms in total. The molecule has 1 saturated carbocycles. The number of aromatic nitrogens is 2. The van der Waals surface area contributed by atoms with Gasteiger partial charge in [0.25, 0.3) is 0 Å². The SMILES string of the molecule is CC(NC1CC(C)(C)CC(C)(C)C1)c1nccn1C. The highest BCUT2D eigenvalue weighted by atomic mass is 15.1.